The quantitative estimate of drug-likeness (QED) is 0.105. The average molecular weight is 770 g/mol. The molecule has 0 aliphatic carbocycles. The van der Waals surface area contributed by atoms with Crippen molar-refractivity contribution < 1.29 is 68.9 Å². The molecule has 4 N–H and O–H groups in total. The number of rotatable bonds is 5. The normalized spacial score (nSPS) is 11.6. The Morgan fingerprint density at radius 3 is 2.06 bits per heavy atom. The molecule has 54 heavy (non-hydrogen) atoms. The van der Waals surface area contributed by atoms with Gasteiger partial charge in [-0.05, 0) is 42.8 Å². The molecule has 13 nitrogen and oxygen atoms in total. The van der Waals surface area contributed by atoms with Crippen LogP contribution in [0.1, 0.15) is 32.1 Å². The van der Waals surface area contributed by atoms with Crippen molar-refractivity contribution in [3.05, 3.63) is 96.2 Å². The molecule has 0 fully saturated rings. The van der Waals surface area contributed by atoms with Crippen LogP contribution < -0.4 is 5.32 Å². The molecular formula is C32H20F9N7O6. The molecule has 0 radical (unpaired) electrons. The third-order valence-corrected chi connectivity index (χ3v) is 6.94. The number of nitrogens with zero attached hydrogens (tertiary/aromatic N) is 5. The highest BCUT2D eigenvalue weighted by Gasteiger charge is 2.39. The first kappa shape index (κ1) is 39.9. The van der Waals surface area contributed by atoms with Crippen LogP contribution in [0.3, 0.4) is 0 Å². The van der Waals surface area contributed by atoms with Crippen LogP contribution in [0.25, 0.3) is 38.8 Å². The van der Waals surface area contributed by atoms with E-state index in [0.717, 1.165) is 39.5 Å². The molecular weight excluding hydrogens is 749 g/mol. The van der Waals surface area contributed by atoms with E-state index in [1.165, 1.54) is 35.7 Å². The largest absolute Gasteiger partial charge is 0.490 e. The van der Waals surface area contributed by atoms with Gasteiger partial charge in [0.2, 0.25) is 0 Å². The first-order valence-electron chi connectivity index (χ1n) is 14.4. The van der Waals surface area contributed by atoms with E-state index in [0.29, 0.717) is 23.3 Å². The van der Waals surface area contributed by atoms with Crippen molar-refractivity contribution in [2.24, 2.45) is 0 Å². The number of amides is 1. The van der Waals surface area contributed by atoms with E-state index in [9.17, 15) is 49.1 Å². The molecule has 0 saturated carbocycles. The minimum absolute atomic E-state index is 0.0274. The number of carboxylic acids is 2. The molecule has 0 atom stereocenters. The molecule has 4 aromatic heterocycles. The van der Waals surface area contributed by atoms with Gasteiger partial charge in [-0.2, -0.15) is 39.5 Å². The maximum absolute atomic E-state index is 13.7. The number of aryl methyl sites for hydroxylation is 1. The maximum Gasteiger partial charge on any atom is 0.490 e. The molecule has 0 saturated heterocycles. The average Bonchev–Trinajstić information content (AvgIpc) is 3.73. The van der Waals surface area contributed by atoms with Gasteiger partial charge in [0.15, 0.2) is 6.29 Å². The molecule has 6 aromatic rings. The van der Waals surface area contributed by atoms with Crippen molar-refractivity contribution in [3.8, 4) is 16.8 Å². The fourth-order valence-electron chi connectivity index (χ4n) is 4.50. The maximum atomic E-state index is 13.7. The summed E-state index contributed by atoms with van der Waals surface area (Å²) >= 11 is 0. The van der Waals surface area contributed by atoms with Gasteiger partial charge in [0.1, 0.15) is 24.0 Å². The number of H-pyrrole nitrogens is 1. The number of nitrogens with one attached hydrogen (secondary N) is 2. The lowest BCUT2D eigenvalue weighted by atomic mass is 10.0. The Kier molecular flexibility index (Phi) is 11.4. The molecule has 0 aliphatic rings. The van der Waals surface area contributed by atoms with Crippen molar-refractivity contribution in [2.75, 3.05) is 5.32 Å². The Labute approximate surface area is 294 Å². The molecule has 282 valence electrons. The van der Waals surface area contributed by atoms with E-state index >= 15 is 0 Å². The first-order chi connectivity index (χ1) is 25.1. The Hall–Kier alpha value is -6.87. The van der Waals surface area contributed by atoms with E-state index in [4.69, 9.17) is 19.8 Å². The van der Waals surface area contributed by atoms with Gasteiger partial charge < -0.3 is 25.1 Å². The Balaban J connectivity index is 0.000000396. The number of carbonyl (C=O) groups is 4. The highest BCUT2D eigenvalue weighted by atomic mass is 19.4. The van der Waals surface area contributed by atoms with Crippen LogP contribution >= 0.6 is 0 Å². The number of aldehydes is 1. The SMILES string of the molecule is Cc1ncc(NC(=O)c2cc(-n3cnc(C=O)c3)cc(C(F)(F)F)c2)cc1-c1ccc2c(c1)[nH]c1ncncc12.O=C(O)C(F)(F)F.O=C(O)C(F)(F)F. The molecule has 0 bridgehead atoms. The van der Waals surface area contributed by atoms with Gasteiger partial charge in [-0.3, -0.25) is 14.6 Å². The smallest absolute Gasteiger partial charge is 0.475 e. The number of benzene rings is 2. The number of fused-ring (bicyclic) bond motifs is 3. The third-order valence-electron chi connectivity index (χ3n) is 6.94. The van der Waals surface area contributed by atoms with Crippen molar-refractivity contribution in [3.63, 3.8) is 0 Å². The van der Waals surface area contributed by atoms with E-state index in [-0.39, 0.29) is 16.9 Å². The lowest BCUT2D eigenvalue weighted by Gasteiger charge is -2.14. The van der Waals surface area contributed by atoms with E-state index in [2.05, 4.69) is 30.2 Å². The van der Waals surface area contributed by atoms with Gasteiger partial charge in [-0.1, -0.05) is 12.1 Å². The summed E-state index contributed by atoms with van der Waals surface area (Å²) < 4.78 is 106. The monoisotopic (exact) mass is 769 g/mol. The Morgan fingerprint density at radius 1 is 0.833 bits per heavy atom. The predicted molar refractivity (Wildman–Crippen MR) is 169 cm³/mol. The molecule has 4 heterocycles. The standard InChI is InChI=1S/C28H18F3N7O2.2C2HF3O2/c1-15-23(16-2-3-22-24-10-32-13-34-26(24)37-25(22)6-16)8-19(9-33-15)36-27(40)17-4-18(28(29,30)31)7-21(5-17)38-11-20(12-39)35-14-38;2*3-2(4,5)1(6)7/h2-14H,1H3,(H,36,40)(H,32,34,37);2*(H,6,7). The molecule has 0 aliphatic heterocycles. The number of alkyl halides is 9. The number of carboxylic acid groups (broad SMARTS) is 2. The number of halogens is 9. The third kappa shape index (κ3) is 9.71. The van der Waals surface area contributed by atoms with Crippen LogP contribution in [0, 0.1) is 6.92 Å². The fraction of sp³-hybridized carbons (Fsp3) is 0.125. The van der Waals surface area contributed by atoms with Crippen LogP contribution in [-0.2, 0) is 15.8 Å². The van der Waals surface area contributed by atoms with Gasteiger partial charge in [-0.15, -0.1) is 0 Å². The zero-order valence-electron chi connectivity index (χ0n) is 26.7. The van der Waals surface area contributed by atoms with Crippen LogP contribution in [0.4, 0.5) is 45.2 Å². The molecule has 0 spiro atoms. The number of aliphatic carboxylic acids is 2. The van der Waals surface area contributed by atoms with Crippen molar-refractivity contribution in [1.29, 1.82) is 0 Å². The number of anilines is 1. The lowest BCUT2D eigenvalue weighted by Crippen LogP contribution is -2.21. The Morgan fingerprint density at radius 2 is 1.48 bits per heavy atom. The number of pyridine rings is 1. The zero-order chi connectivity index (χ0) is 40.2. The van der Waals surface area contributed by atoms with Crippen LogP contribution in [-0.4, -0.2) is 76.2 Å². The highest BCUT2D eigenvalue weighted by Crippen LogP contribution is 2.33. The number of carbonyl (C=O) groups excluding carboxylic acids is 2. The van der Waals surface area contributed by atoms with E-state index in [1.54, 1.807) is 12.3 Å². The Bertz CT molecular complexity index is 2340. The van der Waals surface area contributed by atoms with Gasteiger partial charge in [0.05, 0.1) is 17.4 Å². The summed E-state index contributed by atoms with van der Waals surface area (Å²) in [7, 11) is 0. The van der Waals surface area contributed by atoms with Crippen LogP contribution in [0.2, 0.25) is 0 Å². The van der Waals surface area contributed by atoms with Gasteiger partial charge >= 0.3 is 30.5 Å². The summed E-state index contributed by atoms with van der Waals surface area (Å²) in [4.78, 5) is 61.7. The topological polar surface area (TPSA) is 193 Å². The summed E-state index contributed by atoms with van der Waals surface area (Å²) in [6, 6.07) is 10.4. The van der Waals surface area contributed by atoms with Gasteiger partial charge in [-0.25, -0.2) is 24.5 Å². The molecule has 2 aromatic carbocycles. The second-order valence-electron chi connectivity index (χ2n) is 10.7. The fourth-order valence-corrected chi connectivity index (χ4v) is 4.50. The minimum Gasteiger partial charge on any atom is -0.475 e. The van der Waals surface area contributed by atoms with Gasteiger partial charge in [0.25, 0.3) is 5.91 Å². The van der Waals surface area contributed by atoms with Crippen molar-refractivity contribution in [2.45, 2.75) is 25.5 Å². The number of aromatic nitrogens is 6. The van der Waals surface area contributed by atoms with Crippen LogP contribution in [0.15, 0.2) is 73.7 Å². The lowest BCUT2D eigenvalue weighted by molar-refractivity contribution is -0.193. The number of hydrogen-bond donors (Lipinski definition) is 4. The summed E-state index contributed by atoms with van der Waals surface area (Å²) in [5.41, 5.74) is 2.92. The van der Waals surface area contributed by atoms with E-state index in [1.807, 2.05) is 25.1 Å². The number of imidazole rings is 1. The predicted octanol–water partition coefficient (Wildman–Crippen LogP) is 7.02. The van der Waals surface area contributed by atoms with E-state index < -0.39 is 41.9 Å². The van der Waals surface area contributed by atoms with Crippen molar-refractivity contribution >= 4 is 51.8 Å². The second-order valence-corrected chi connectivity index (χ2v) is 10.7. The number of aromatic amines is 1. The summed E-state index contributed by atoms with van der Waals surface area (Å²) in [5, 5.41) is 18.7. The number of hydrogen-bond acceptors (Lipinski definition) is 8. The summed E-state index contributed by atoms with van der Waals surface area (Å²) in [6.07, 6.45) is -7.28. The zero-order valence-corrected chi connectivity index (χ0v) is 26.7. The second kappa shape index (κ2) is 15.4. The molecule has 6 rings (SSSR count). The van der Waals surface area contributed by atoms with Crippen molar-refractivity contribution in [1.82, 2.24) is 29.5 Å². The van der Waals surface area contributed by atoms with Gasteiger partial charge in [0, 0.05) is 51.2 Å². The molecule has 1 amide bonds. The highest BCUT2D eigenvalue weighted by molar-refractivity contribution is 6.07. The molecule has 0 unspecified atom stereocenters. The molecule has 22 heteroatoms. The first-order valence-corrected chi connectivity index (χ1v) is 14.4. The summed E-state index contributed by atoms with van der Waals surface area (Å²) in [6.45, 7) is 1.82. The van der Waals surface area contributed by atoms with Crippen LogP contribution in [0.5, 0.6) is 0 Å². The minimum atomic E-state index is -5.08. The summed E-state index contributed by atoms with van der Waals surface area (Å²) in [5.74, 6) is -6.27.